The van der Waals surface area contributed by atoms with E-state index in [0.717, 1.165) is 31.2 Å². The van der Waals surface area contributed by atoms with Crippen LogP contribution in [0.5, 0.6) is 23.0 Å². The minimum Gasteiger partial charge on any atom is -0.493 e. The molecule has 144 valence electrons. The maximum absolute atomic E-state index is 10.1. The molecule has 0 fully saturated rings. The van der Waals surface area contributed by atoms with Gasteiger partial charge in [-0.25, -0.2) is 0 Å². The lowest BCUT2D eigenvalue weighted by atomic mass is 9.99. The minimum absolute atomic E-state index is 0.127. The SMILES string of the molecule is COc1cc(I)c(C=C(CO)c2ccnc3cc4c(cc23)OCO4)cc1OC. The Morgan fingerprint density at radius 3 is 2.57 bits per heavy atom. The number of halogens is 1. The van der Waals surface area contributed by atoms with Gasteiger partial charge in [0.05, 0.1) is 26.3 Å². The maximum atomic E-state index is 10.1. The largest absolute Gasteiger partial charge is 0.493 e. The van der Waals surface area contributed by atoms with Crippen molar-refractivity contribution < 1.29 is 24.1 Å². The number of hydrogen-bond donors (Lipinski definition) is 1. The topological polar surface area (TPSA) is 70.0 Å². The number of benzene rings is 2. The van der Waals surface area contributed by atoms with Gasteiger partial charge in [-0.3, -0.25) is 4.98 Å². The molecule has 7 heteroatoms. The molecule has 1 N–H and O–H groups in total. The molecule has 0 bridgehead atoms. The molecule has 3 aromatic rings. The lowest BCUT2D eigenvalue weighted by Gasteiger charge is -2.13. The van der Waals surface area contributed by atoms with Crippen LogP contribution >= 0.6 is 22.6 Å². The van der Waals surface area contributed by atoms with Gasteiger partial charge in [-0.1, -0.05) is 0 Å². The second-order valence-corrected chi connectivity index (χ2v) is 7.30. The Labute approximate surface area is 175 Å². The van der Waals surface area contributed by atoms with Crippen LogP contribution in [-0.2, 0) is 0 Å². The zero-order valence-electron chi connectivity index (χ0n) is 15.4. The number of aliphatic hydroxyl groups excluding tert-OH is 1. The summed E-state index contributed by atoms with van der Waals surface area (Å²) in [7, 11) is 3.21. The zero-order chi connectivity index (χ0) is 19.7. The Morgan fingerprint density at radius 2 is 1.86 bits per heavy atom. The molecule has 0 amide bonds. The fraction of sp³-hybridized carbons (Fsp3) is 0.190. The van der Waals surface area contributed by atoms with Crippen molar-refractivity contribution in [3.8, 4) is 23.0 Å². The summed E-state index contributed by atoms with van der Waals surface area (Å²) < 4.78 is 22.7. The highest BCUT2D eigenvalue weighted by molar-refractivity contribution is 14.1. The molecular formula is C21H18INO5. The maximum Gasteiger partial charge on any atom is 0.231 e. The quantitative estimate of drug-likeness (QED) is 0.542. The summed E-state index contributed by atoms with van der Waals surface area (Å²) in [4.78, 5) is 4.43. The molecule has 0 unspecified atom stereocenters. The fourth-order valence-electron chi connectivity index (χ4n) is 3.19. The van der Waals surface area contributed by atoms with Crippen LogP contribution in [-0.4, -0.2) is 37.7 Å². The van der Waals surface area contributed by atoms with Crippen molar-refractivity contribution in [2.75, 3.05) is 27.6 Å². The summed E-state index contributed by atoms with van der Waals surface area (Å²) in [5.41, 5.74) is 3.35. The van der Waals surface area contributed by atoms with Crippen LogP contribution in [0.3, 0.4) is 0 Å². The van der Waals surface area contributed by atoms with Crippen molar-refractivity contribution in [1.82, 2.24) is 4.98 Å². The zero-order valence-corrected chi connectivity index (χ0v) is 17.5. The van der Waals surface area contributed by atoms with Crippen molar-refractivity contribution in [2.24, 2.45) is 0 Å². The minimum atomic E-state index is -0.127. The molecule has 0 aliphatic carbocycles. The van der Waals surface area contributed by atoms with Crippen molar-refractivity contribution in [2.45, 2.75) is 0 Å². The van der Waals surface area contributed by atoms with Gasteiger partial charge in [-0.15, -0.1) is 0 Å². The number of aromatic nitrogens is 1. The normalized spacial score (nSPS) is 13.1. The van der Waals surface area contributed by atoms with Crippen molar-refractivity contribution in [3.63, 3.8) is 0 Å². The number of pyridine rings is 1. The van der Waals surface area contributed by atoms with E-state index in [4.69, 9.17) is 18.9 Å². The smallest absolute Gasteiger partial charge is 0.231 e. The van der Waals surface area contributed by atoms with Gasteiger partial charge in [0.2, 0.25) is 6.79 Å². The number of hydrogen-bond acceptors (Lipinski definition) is 6. The van der Waals surface area contributed by atoms with E-state index in [1.54, 1.807) is 20.4 Å². The number of rotatable bonds is 5. The summed E-state index contributed by atoms with van der Waals surface area (Å²) >= 11 is 2.24. The predicted molar refractivity (Wildman–Crippen MR) is 115 cm³/mol. The molecule has 1 aliphatic heterocycles. The Balaban J connectivity index is 1.86. The van der Waals surface area contributed by atoms with Gasteiger partial charge < -0.3 is 24.1 Å². The highest BCUT2D eigenvalue weighted by Crippen LogP contribution is 2.38. The van der Waals surface area contributed by atoms with Gasteiger partial charge in [0.15, 0.2) is 23.0 Å². The van der Waals surface area contributed by atoms with Gasteiger partial charge in [-0.05, 0) is 69.6 Å². The molecule has 0 atom stereocenters. The molecule has 2 aromatic carbocycles. The van der Waals surface area contributed by atoms with E-state index in [-0.39, 0.29) is 13.4 Å². The third-order valence-electron chi connectivity index (χ3n) is 4.58. The summed E-state index contributed by atoms with van der Waals surface area (Å²) in [6.45, 7) is 0.0749. The lowest BCUT2D eigenvalue weighted by Crippen LogP contribution is -1.96. The van der Waals surface area contributed by atoms with E-state index in [2.05, 4.69) is 27.6 Å². The van der Waals surface area contributed by atoms with E-state index in [0.29, 0.717) is 23.0 Å². The predicted octanol–water partition coefficient (Wildman–Crippen LogP) is 4.12. The van der Waals surface area contributed by atoms with Crippen molar-refractivity contribution >= 4 is 45.1 Å². The molecule has 4 rings (SSSR count). The first-order valence-corrected chi connectivity index (χ1v) is 9.64. The first kappa shape index (κ1) is 18.8. The fourth-order valence-corrected chi connectivity index (χ4v) is 3.79. The number of aliphatic hydroxyl groups is 1. The number of ether oxygens (including phenoxy) is 4. The highest BCUT2D eigenvalue weighted by Gasteiger charge is 2.17. The molecule has 0 saturated carbocycles. The third-order valence-corrected chi connectivity index (χ3v) is 5.52. The second kappa shape index (κ2) is 7.84. The van der Waals surface area contributed by atoms with Gasteiger partial charge >= 0.3 is 0 Å². The van der Waals surface area contributed by atoms with Crippen LogP contribution in [0.4, 0.5) is 0 Å². The van der Waals surface area contributed by atoms with E-state index in [1.165, 1.54) is 0 Å². The molecule has 2 heterocycles. The summed E-state index contributed by atoms with van der Waals surface area (Å²) in [6, 6.07) is 9.46. The molecular weight excluding hydrogens is 473 g/mol. The van der Waals surface area contributed by atoms with Crippen LogP contribution in [0.15, 0.2) is 36.5 Å². The first-order chi connectivity index (χ1) is 13.6. The average molecular weight is 491 g/mol. The summed E-state index contributed by atoms with van der Waals surface area (Å²) in [5.74, 6) is 2.66. The summed E-state index contributed by atoms with van der Waals surface area (Å²) in [5, 5.41) is 11.0. The number of fused-ring (bicyclic) bond motifs is 2. The van der Waals surface area contributed by atoms with E-state index >= 15 is 0 Å². The van der Waals surface area contributed by atoms with Gasteiger partial charge in [0.25, 0.3) is 0 Å². The number of nitrogens with zero attached hydrogens (tertiary/aromatic N) is 1. The van der Waals surface area contributed by atoms with Crippen LogP contribution in [0.25, 0.3) is 22.6 Å². The molecule has 0 saturated heterocycles. The second-order valence-electron chi connectivity index (χ2n) is 6.14. The van der Waals surface area contributed by atoms with Crippen LogP contribution in [0.1, 0.15) is 11.1 Å². The van der Waals surface area contributed by atoms with Crippen LogP contribution in [0, 0.1) is 3.57 Å². The van der Waals surface area contributed by atoms with Crippen LogP contribution < -0.4 is 18.9 Å². The highest BCUT2D eigenvalue weighted by atomic mass is 127. The van der Waals surface area contributed by atoms with Gasteiger partial charge in [0.1, 0.15) is 0 Å². The average Bonchev–Trinajstić information content (AvgIpc) is 3.18. The monoisotopic (exact) mass is 491 g/mol. The van der Waals surface area contributed by atoms with Crippen LogP contribution in [0.2, 0.25) is 0 Å². The standard InChI is InChI=1S/C21H18INO5/c1-25-18-6-12(16(22)8-19(18)26-2)5-13(10-24)14-3-4-23-17-9-21-20(7-15(14)17)27-11-28-21/h3-9,24H,10-11H2,1-2H3. The van der Waals surface area contributed by atoms with Crippen molar-refractivity contribution in [1.29, 1.82) is 0 Å². The molecule has 1 aromatic heterocycles. The Kier molecular flexibility index (Phi) is 5.27. The van der Waals surface area contributed by atoms with Gasteiger partial charge in [0, 0.05) is 21.2 Å². The first-order valence-electron chi connectivity index (χ1n) is 8.56. The van der Waals surface area contributed by atoms with Gasteiger partial charge in [-0.2, -0.15) is 0 Å². The Morgan fingerprint density at radius 1 is 1.14 bits per heavy atom. The van der Waals surface area contributed by atoms with E-state index in [1.807, 2.05) is 36.4 Å². The molecule has 6 nitrogen and oxygen atoms in total. The lowest BCUT2D eigenvalue weighted by molar-refractivity contribution is 0.174. The molecule has 0 spiro atoms. The van der Waals surface area contributed by atoms with E-state index in [9.17, 15) is 5.11 Å². The number of methoxy groups -OCH3 is 2. The van der Waals surface area contributed by atoms with Crippen molar-refractivity contribution in [3.05, 3.63) is 51.2 Å². The molecule has 1 aliphatic rings. The third kappa shape index (κ3) is 3.35. The Bertz CT molecular complexity index is 1080. The Hall–Kier alpha value is -2.52. The van der Waals surface area contributed by atoms with E-state index < -0.39 is 0 Å². The molecule has 28 heavy (non-hydrogen) atoms. The molecule has 0 radical (unpaired) electrons. The summed E-state index contributed by atoms with van der Waals surface area (Å²) in [6.07, 6.45) is 3.67.